The predicted octanol–water partition coefficient (Wildman–Crippen LogP) is 4.58. The number of nitrogens with zero attached hydrogens (tertiary/aromatic N) is 1. The first-order valence-electron chi connectivity index (χ1n) is 9.98. The molecule has 0 aromatic heterocycles. The van der Waals surface area contributed by atoms with E-state index in [0.29, 0.717) is 6.04 Å². The van der Waals surface area contributed by atoms with Crippen LogP contribution in [0.25, 0.3) is 0 Å². The van der Waals surface area contributed by atoms with E-state index in [0.717, 1.165) is 35.2 Å². The topological polar surface area (TPSA) is 27.3 Å². The minimum absolute atomic E-state index is 0.507. The number of hydrogen-bond acceptors (Lipinski definition) is 2. The SMILES string of the molecule is CCc1ccccc1NC(=S)NC1CC2CCCC(C1)N2CC(C)C. The summed E-state index contributed by atoms with van der Waals surface area (Å²) in [5.74, 6) is 0.751. The van der Waals surface area contributed by atoms with Gasteiger partial charge in [0.15, 0.2) is 5.11 Å². The largest absolute Gasteiger partial charge is 0.360 e. The quantitative estimate of drug-likeness (QED) is 0.753. The van der Waals surface area contributed by atoms with Crippen LogP contribution in [0.1, 0.15) is 58.4 Å². The van der Waals surface area contributed by atoms with Crippen LogP contribution in [0.15, 0.2) is 24.3 Å². The van der Waals surface area contributed by atoms with Crippen molar-refractivity contribution in [3.8, 4) is 0 Å². The van der Waals surface area contributed by atoms with Crippen molar-refractivity contribution >= 4 is 23.0 Å². The number of thiocarbonyl (C=S) groups is 1. The summed E-state index contributed by atoms with van der Waals surface area (Å²) in [5.41, 5.74) is 2.45. The Kier molecular flexibility index (Phi) is 6.34. The number of rotatable bonds is 5. The van der Waals surface area contributed by atoms with Crippen LogP contribution in [0.4, 0.5) is 5.69 Å². The minimum atomic E-state index is 0.507. The van der Waals surface area contributed by atoms with E-state index in [1.165, 1.54) is 44.2 Å². The van der Waals surface area contributed by atoms with Crippen molar-refractivity contribution in [1.29, 1.82) is 0 Å². The van der Waals surface area contributed by atoms with Crippen molar-refractivity contribution in [2.75, 3.05) is 11.9 Å². The summed E-state index contributed by atoms with van der Waals surface area (Å²) >= 11 is 5.62. The number of para-hydroxylation sites is 1. The van der Waals surface area contributed by atoms with Gasteiger partial charge < -0.3 is 10.6 Å². The predicted molar refractivity (Wildman–Crippen MR) is 111 cm³/mol. The summed E-state index contributed by atoms with van der Waals surface area (Å²) in [4.78, 5) is 2.79. The maximum Gasteiger partial charge on any atom is 0.171 e. The van der Waals surface area contributed by atoms with Crippen molar-refractivity contribution < 1.29 is 0 Å². The van der Waals surface area contributed by atoms with Crippen LogP contribution in [0.3, 0.4) is 0 Å². The van der Waals surface area contributed by atoms with Gasteiger partial charge >= 0.3 is 0 Å². The Morgan fingerprint density at radius 3 is 2.52 bits per heavy atom. The highest BCUT2D eigenvalue weighted by atomic mass is 32.1. The van der Waals surface area contributed by atoms with Gasteiger partial charge in [-0.1, -0.05) is 45.4 Å². The van der Waals surface area contributed by atoms with Gasteiger partial charge in [0.2, 0.25) is 0 Å². The maximum atomic E-state index is 5.62. The van der Waals surface area contributed by atoms with Crippen LogP contribution in [0.5, 0.6) is 0 Å². The highest BCUT2D eigenvalue weighted by Crippen LogP contribution is 2.34. The minimum Gasteiger partial charge on any atom is -0.360 e. The molecule has 2 atom stereocenters. The lowest BCUT2D eigenvalue weighted by Gasteiger charge is -2.49. The number of hydrogen-bond donors (Lipinski definition) is 2. The Morgan fingerprint density at radius 1 is 1.20 bits per heavy atom. The molecule has 0 amide bonds. The zero-order valence-electron chi connectivity index (χ0n) is 15.9. The number of aryl methyl sites for hydroxylation is 1. The second-order valence-corrected chi connectivity index (χ2v) is 8.51. The Hall–Kier alpha value is -1.13. The van der Waals surface area contributed by atoms with Crippen LogP contribution in [0.2, 0.25) is 0 Å². The van der Waals surface area contributed by atoms with E-state index in [2.05, 4.69) is 60.6 Å². The summed E-state index contributed by atoms with van der Waals surface area (Å²) in [6.45, 7) is 8.10. The van der Waals surface area contributed by atoms with Gasteiger partial charge in [0.25, 0.3) is 0 Å². The van der Waals surface area contributed by atoms with Gasteiger partial charge in [-0.3, -0.25) is 4.90 Å². The summed E-state index contributed by atoms with van der Waals surface area (Å²) in [5, 5.41) is 7.82. The summed E-state index contributed by atoms with van der Waals surface area (Å²) in [6, 6.07) is 10.4. The van der Waals surface area contributed by atoms with Gasteiger partial charge in [-0.15, -0.1) is 0 Å². The smallest absolute Gasteiger partial charge is 0.171 e. The van der Waals surface area contributed by atoms with Crippen molar-refractivity contribution in [1.82, 2.24) is 10.2 Å². The fourth-order valence-electron chi connectivity index (χ4n) is 4.61. The molecule has 2 fully saturated rings. The molecule has 3 rings (SSSR count). The number of piperidine rings is 2. The third-order valence-corrected chi connectivity index (χ3v) is 5.90. The molecule has 2 aliphatic rings. The molecule has 138 valence electrons. The molecule has 3 nitrogen and oxygen atoms in total. The molecule has 2 heterocycles. The lowest BCUT2D eigenvalue weighted by Crippen LogP contribution is -2.58. The molecule has 2 bridgehead atoms. The lowest BCUT2D eigenvalue weighted by molar-refractivity contribution is 0.0191. The average Bonchev–Trinajstić information content (AvgIpc) is 2.55. The normalized spacial score (nSPS) is 26.5. The van der Waals surface area contributed by atoms with Crippen LogP contribution in [-0.4, -0.2) is 34.7 Å². The van der Waals surface area contributed by atoms with Gasteiger partial charge in [0.05, 0.1) is 0 Å². The molecular weight excluding hydrogens is 326 g/mol. The molecule has 0 aliphatic carbocycles. The van der Waals surface area contributed by atoms with Crippen molar-refractivity contribution in [3.05, 3.63) is 29.8 Å². The molecule has 0 saturated carbocycles. The van der Waals surface area contributed by atoms with Crippen LogP contribution in [-0.2, 0) is 6.42 Å². The Balaban J connectivity index is 1.58. The van der Waals surface area contributed by atoms with Crippen molar-refractivity contribution in [2.45, 2.75) is 77.4 Å². The highest BCUT2D eigenvalue weighted by Gasteiger charge is 2.38. The van der Waals surface area contributed by atoms with Crippen LogP contribution in [0, 0.1) is 5.92 Å². The van der Waals surface area contributed by atoms with E-state index in [4.69, 9.17) is 12.2 Å². The lowest BCUT2D eigenvalue weighted by atomic mass is 9.81. The zero-order valence-corrected chi connectivity index (χ0v) is 16.7. The fourth-order valence-corrected chi connectivity index (χ4v) is 4.89. The van der Waals surface area contributed by atoms with E-state index >= 15 is 0 Å². The van der Waals surface area contributed by atoms with Crippen molar-refractivity contribution in [3.63, 3.8) is 0 Å². The molecule has 4 heteroatoms. The molecule has 0 radical (unpaired) electrons. The Labute approximate surface area is 158 Å². The van der Waals surface area contributed by atoms with Gasteiger partial charge in [0.1, 0.15) is 0 Å². The molecular formula is C21H33N3S. The van der Waals surface area contributed by atoms with E-state index in [9.17, 15) is 0 Å². The molecule has 1 aromatic rings. The molecule has 0 spiro atoms. The molecule has 2 aliphatic heterocycles. The molecule has 2 N–H and O–H groups in total. The molecule has 2 unspecified atom stereocenters. The first-order valence-corrected chi connectivity index (χ1v) is 10.4. The van der Waals surface area contributed by atoms with Crippen LogP contribution < -0.4 is 10.6 Å². The standard InChI is InChI=1S/C21H33N3S/c1-4-16-8-5-6-11-20(16)23-21(25)22-17-12-18-9-7-10-19(13-17)24(18)14-15(2)3/h5-6,8,11,15,17-19H,4,7,9-10,12-14H2,1-3H3,(H2,22,23,25). The first-order chi connectivity index (χ1) is 12.1. The van der Waals surface area contributed by atoms with E-state index in [1.54, 1.807) is 0 Å². The molecule has 1 aromatic carbocycles. The number of anilines is 1. The van der Waals surface area contributed by atoms with Gasteiger partial charge in [-0.2, -0.15) is 0 Å². The van der Waals surface area contributed by atoms with E-state index in [-0.39, 0.29) is 0 Å². The molecule has 2 saturated heterocycles. The summed E-state index contributed by atoms with van der Waals surface area (Å²) in [6.07, 6.45) is 7.55. The van der Waals surface area contributed by atoms with Gasteiger partial charge in [0, 0.05) is 30.4 Å². The Bertz CT molecular complexity index is 572. The third kappa shape index (κ3) is 4.73. The third-order valence-electron chi connectivity index (χ3n) is 5.68. The summed E-state index contributed by atoms with van der Waals surface area (Å²) < 4.78 is 0. The Morgan fingerprint density at radius 2 is 1.88 bits per heavy atom. The average molecular weight is 360 g/mol. The van der Waals surface area contributed by atoms with E-state index < -0.39 is 0 Å². The van der Waals surface area contributed by atoms with E-state index in [1.807, 2.05) is 0 Å². The van der Waals surface area contributed by atoms with Crippen LogP contribution >= 0.6 is 12.2 Å². The first kappa shape index (κ1) is 18.7. The fraction of sp³-hybridized carbons (Fsp3) is 0.667. The second-order valence-electron chi connectivity index (χ2n) is 8.11. The summed E-state index contributed by atoms with van der Waals surface area (Å²) in [7, 11) is 0. The zero-order chi connectivity index (χ0) is 17.8. The maximum absolute atomic E-state index is 5.62. The number of fused-ring (bicyclic) bond motifs is 2. The number of benzene rings is 1. The van der Waals surface area contributed by atoms with Gasteiger partial charge in [-0.25, -0.2) is 0 Å². The highest BCUT2D eigenvalue weighted by molar-refractivity contribution is 7.80. The molecule has 25 heavy (non-hydrogen) atoms. The second kappa shape index (κ2) is 8.50. The number of nitrogens with one attached hydrogen (secondary N) is 2. The monoisotopic (exact) mass is 359 g/mol. The van der Waals surface area contributed by atoms with Crippen molar-refractivity contribution in [2.24, 2.45) is 5.92 Å². The van der Waals surface area contributed by atoms with Gasteiger partial charge in [-0.05, 0) is 61.9 Å².